The van der Waals surface area contributed by atoms with Gasteiger partial charge in [-0.15, -0.1) is 0 Å². The molecule has 50 heavy (non-hydrogen) atoms. The molecule has 4 heterocycles. The van der Waals surface area contributed by atoms with Crippen molar-refractivity contribution >= 4 is 83.2 Å². The number of hydrogen-bond donors (Lipinski definition) is 0. The van der Waals surface area contributed by atoms with Crippen LogP contribution in [-0.2, 0) is 0 Å². The molecule has 0 atom stereocenters. The van der Waals surface area contributed by atoms with Crippen molar-refractivity contribution < 1.29 is 0 Å². The van der Waals surface area contributed by atoms with Crippen LogP contribution in [0, 0.1) is 22.7 Å². The van der Waals surface area contributed by atoms with Gasteiger partial charge in [0.25, 0.3) is 0 Å². The van der Waals surface area contributed by atoms with Gasteiger partial charge in [0.1, 0.15) is 0 Å². The number of fused-ring (bicyclic) bond motifs is 12. The molecule has 0 spiro atoms. The van der Waals surface area contributed by atoms with E-state index in [0.29, 0.717) is 11.1 Å². The molecule has 228 valence electrons. The lowest BCUT2D eigenvalue weighted by Gasteiger charge is -2.29. The van der Waals surface area contributed by atoms with Gasteiger partial charge in [0, 0.05) is 54.7 Å². The van der Waals surface area contributed by atoms with Crippen molar-refractivity contribution in [3.63, 3.8) is 0 Å². The van der Waals surface area contributed by atoms with Crippen molar-refractivity contribution in [2.24, 2.45) is 0 Å². The van der Waals surface area contributed by atoms with Crippen LogP contribution in [0.4, 0.5) is 0 Å². The van der Waals surface area contributed by atoms with E-state index in [1.165, 1.54) is 21.5 Å². The number of nitriles is 2. The summed E-state index contributed by atoms with van der Waals surface area (Å²) in [5.41, 5.74) is 12.0. The van der Waals surface area contributed by atoms with E-state index in [1.54, 1.807) is 0 Å². The summed E-state index contributed by atoms with van der Waals surface area (Å²) < 4.78 is 7.15. The topological polar surface area (TPSA) is 62.4 Å². The van der Waals surface area contributed by atoms with Crippen LogP contribution in [0.5, 0.6) is 0 Å². The number of benzene rings is 7. The molecule has 0 N–H and O–H groups in total. The van der Waals surface area contributed by atoms with E-state index in [0.717, 1.165) is 66.2 Å². The van der Waals surface area contributed by atoms with Crippen LogP contribution in [0.1, 0.15) is 11.1 Å². The van der Waals surface area contributed by atoms with Crippen LogP contribution < -0.4 is 10.9 Å². The Morgan fingerprint density at radius 1 is 0.480 bits per heavy atom. The van der Waals surface area contributed by atoms with Crippen LogP contribution in [0.15, 0.2) is 146 Å². The highest BCUT2D eigenvalue weighted by molar-refractivity contribution is 6.89. The molecule has 0 bridgehead atoms. The summed E-state index contributed by atoms with van der Waals surface area (Å²) >= 11 is 0. The average molecular weight is 634 g/mol. The van der Waals surface area contributed by atoms with E-state index in [2.05, 4.69) is 147 Å². The van der Waals surface area contributed by atoms with E-state index in [9.17, 15) is 10.5 Å². The molecule has 1 aliphatic rings. The highest BCUT2D eigenvalue weighted by Gasteiger charge is 2.38. The molecule has 0 unspecified atom stereocenters. The van der Waals surface area contributed by atoms with E-state index in [-0.39, 0.29) is 6.85 Å². The highest BCUT2D eigenvalue weighted by atomic mass is 15.0. The van der Waals surface area contributed by atoms with Gasteiger partial charge in [-0.25, -0.2) is 0 Å². The van der Waals surface area contributed by atoms with E-state index in [4.69, 9.17) is 0 Å². The van der Waals surface area contributed by atoms with E-state index >= 15 is 0 Å². The zero-order valence-corrected chi connectivity index (χ0v) is 26.7. The summed E-state index contributed by atoms with van der Waals surface area (Å²) in [6.07, 6.45) is 0. The zero-order chi connectivity index (χ0) is 33.1. The SMILES string of the molecule is N#Cc1ccc2c3ccc(C#N)c4c3n(c2c1)-c1ccccc1B4n1c2ccccc2c2ccc3c(c4ccccc4n3-c3ccccc3)c21. The fourth-order valence-electron chi connectivity index (χ4n) is 8.84. The number of nitrogens with zero attached hydrogens (tertiary/aromatic N) is 5. The molecule has 6 heteroatoms. The van der Waals surface area contributed by atoms with Gasteiger partial charge >= 0.3 is 6.85 Å². The third kappa shape index (κ3) is 3.30. The maximum absolute atomic E-state index is 10.8. The third-order valence-corrected chi connectivity index (χ3v) is 10.7. The lowest BCUT2D eigenvalue weighted by Crippen LogP contribution is -2.54. The Kier molecular flexibility index (Phi) is 5.27. The predicted molar refractivity (Wildman–Crippen MR) is 204 cm³/mol. The summed E-state index contributed by atoms with van der Waals surface area (Å²) in [6.45, 7) is -0.302. The Labute approximate surface area is 286 Å². The number of aromatic nitrogens is 3. The normalized spacial score (nSPS) is 12.3. The minimum Gasteiger partial charge on any atom is -0.375 e. The van der Waals surface area contributed by atoms with Crippen molar-refractivity contribution in [2.75, 3.05) is 0 Å². The molecule has 0 saturated carbocycles. The third-order valence-electron chi connectivity index (χ3n) is 10.7. The van der Waals surface area contributed by atoms with Gasteiger partial charge in [-0.3, -0.25) is 0 Å². The first kappa shape index (κ1) is 27.0. The molecule has 0 amide bonds. The molecule has 0 fully saturated rings. The smallest absolute Gasteiger partial charge is 0.333 e. The van der Waals surface area contributed by atoms with Crippen molar-refractivity contribution in [3.05, 3.63) is 157 Å². The summed E-state index contributed by atoms with van der Waals surface area (Å²) in [6, 6.07) is 55.9. The molecule has 5 nitrogen and oxygen atoms in total. The molecule has 0 radical (unpaired) electrons. The van der Waals surface area contributed by atoms with Crippen molar-refractivity contribution in [2.45, 2.75) is 0 Å². The molecule has 3 aromatic heterocycles. The zero-order valence-electron chi connectivity index (χ0n) is 26.7. The largest absolute Gasteiger partial charge is 0.375 e. The average Bonchev–Trinajstić information content (AvgIpc) is 3.81. The number of hydrogen-bond acceptors (Lipinski definition) is 2. The summed E-state index contributed by atoms with van der Waals surface area (Å²) in [4.78, 5) is 0. The second-order valence-corrected chi connectivity index (χ2v) is 13.1. The predicted octanol–water partition coefficient (Wildman–Crippen LogP) is 8.70. The van der Waals surface area contributed by atoms with Gasteiger partial charge in [0.05, 0.1) is 45.3 Å². The quantitative estimate of drug-likeness (QED) is 0.179. The number of rotatable bonds is 2. The Balaban J connectivity index is 1.38. The van der Waals surface area contributed by atoms with Gasteiger partial charge in [-0.1, -0.05) is 91.0 Å². The molecule has 10 aromatic rings. The van der Waals surface area contributed by atoms with Gasteiger partial charge in [-0.05, 0) is 65.5 Å². The fraction of sp³-hybridized carbons (Fsp3) is 0. The number of para-hydroxylation sites is 4. The van der Waals surface area contributed by atoms with Crippen LogP contribution in [0.3, 0.4) is 0 Å². The first-order valence-corrected chi connectivity index (χ1v) is 16.8. The summed E-state index contributed by atoms with van der Waals surface area (Å²) in [5, 5.41) is 27.5. The first-order chi connectivity index (χ1) is 24.8. The molecule has 1 aliphatic heterocycles. The minimum atomic E-state index is -0.302. The van der Waals surface area contributed by atoms with Crippen molar-refractivity contribution in [1.82, 2.24) is 13.6 Å². The Morgan fingerprint density at radius 2 is 1.16 bits per heavy atom. The molecule has 7 aromatic carbocycles. The molecule has 0 aliphatic carbocycles. The monoisotopic (exact) mass is 633 g/mol. The van der Waals surface area contributed by atoms with E-state index < -0.39 is 0 Å². The first-order valence-electron chi connectivity index (χ1n) is 16.8. The van der Waals surface area contributed by atoms with Crippen LogP contribution >= 0.6 is 0 Å². The molecule has 11 rings (SSSR count). The van der Waals surface area contributed by atoms with Crippen molar-refractivity contribution in [3.8, 4) is 23.5 Å². The summed E-state index contributed by atoms with van der Waals surface area (Å²) in [7, 11) is 0. The fourth-order valence-corrected chi connectivity index (χ4v) is 8.84. The Hall–Kier alpha value is -7.02. The van der Waals surface area contributed by atoms with E-state index in [1.807, 2.05) is 24.3 Å². The highest BCUT2D eigenvalue weighted by Crippen LogP contribution is 2.42. The van der Waals surface area contributed by atoms with Crippen LogP contribution in [-0.4, -0.2) is 20.5 Å². The second kappa shape index (κ2) is 9.76. The second-order valence-electron chi connectivity index (χ2n) is 13.1. The molecular formula is C44H24BN5. The standard InChI is InChI=1S/C44H24BN5/c46-25-27-18-20-31-33-21-19-28(26-47)42-44(33)49(40(31)24-27)38-17-9-6-14-35(38)45(42)50-37-16-8-4-12-30(37)32-22-23-39-41(43(32)50)34-13-5-7-15-36(34)48(39)29-10-2-1-3-11-29/h1-24H. The Morgan fingerprint density at radius 3 is 2.00 bits per heavy atom. The van der Waals surface area contributed by atoms with Crippen molar-refractivity contribution in [1.29, 1.82) is 10.5 Å². The molecular weight excluding hydrogens is 609 g/mol. The van der Waals surface area contributed by atoms with Crippen LogP contribution in [0.2, 0.25) is 0 Å². The lowest BCUT2D eigenvalue weighted by molar-refractivity contribution is 1.17. The summed E-state index contributed by atoms with van der Waals surface area (Å²) in [5.74, 6) is 0. The maximum atomic E-state index is 10.8. The van der Waals surface area contributed by atoms with Gasteiger partial charge in [0.15, 0.2) is 0 Å². The van der Waals surface area contributed by atoms with Gasteiger partial charge in [0.2, 0.25) is 0 Å². The van der Waals surface area contributed by atoms with Gasteiger partial charge < -0.3 is 13.6 Å². The lowest BCUT2D eigenvalue weighted by atomic mass is 9.47. The molecule has 0 saturated heterocycles. The maximum Gasteiger partial charge on any atom is 0.333 e. The van der Waals surface area contributed by atoms with Gasteiger partial charge in [-0.2, -0.15) is 10.5 Å². The van der Waals surface area contributed by atoms with Crippen LogP contribution in [0.25, 0.3) is 76.8 Å². The Bertz CT molecular complexity index is 3180. The minimum absolute atomic E-state index is 0.302.